The van der Waals surface area contributed by atoms with E-state index in [0.717, 1.165) is 41.0 Å². The van der Waals surface area contributed by atoms with Crippen molar-refractivity contribution in [1.29, 1.82) is 0 Å². The first-order valence-electron chi connectivity index (χ1n) is 15.0. The van der Waals surface area contributed by atoms with Crippen LogP contribution in [0, 0.1) is 11.8 Å². The molecule has 6 rings (SSSR count). The van der Waals surface area contributed by atoms with Crippen molar-refractivity contribution in [2.75, 3.05) is 0 Å². The molecule has 0 aliphatic heterocycles. The molecular weight excluding hydrogens is 557 g/mol. The zero-order valence-corrected chi connectivity index (χ0v) is 26.9. The van der Waals surface area contributed by atoms with Crippen LogP contribution in [0.4, 0.5) is 0 Å². The second-order valence-electron chi connectivity index (χ2n) is 11.7. The molecule has 4 heterocycles. The largest absolute Gasteiger partial charge is 0.177 e. The number of thiophene rings is 2. The van der Waals surface area contributed by atoms with Crippen LogP contribution in [-0.2, 0) is 11.8 Å². The lowest BCUT2D eigenvalue weighted by atomic mass is 9.65. The van der Waals surface area contributed by atoms with Crippen molar-refractivity contribution in [3.8, 4) is 9.75 Å². The monoisotopic (exact) mass is 596 g/mol. The van der Waals surface area contributed by atoms with Crippen LogP contribution >= 0.6 is 46.1 Å². The molecule has 0 saturated carbocycles. The molecule has 2 atom stereocenters. The molecule has 2 aliphatic rings. The summed E-state index contributed by atoms with van der Waals surface area (Å²) < 4.78 is 19.0. The lowest BCUT2D eigenvalue weighted by molar-refractivity contribution is 0.266. The molecule has 0 radical (unpaired) electrons. The summed E-state index contributed by atoms with van der Waals surface area (Å²) in [5.41, 5.74) is 7.76. The molecule has 0 amide bonds. The number of nitrogens with zero attached hydrogens (tertiary/aromatic N) is 4. The average Bonchev–Trinajstić information content (AvgIpc) is 3.77. The SMILES string of the molecule is CCCCC(CC)CC1(CC(CC)CCCC)c2ccsc2-c2sc(C3c4nsnc4Cc4nsnc43)cc21. The minimum atomic E-state index is 0.0714. The summed E-state index contributed by atoms with van der Waals surface area (Å²) in [7, 11) is 0. The Kier molecular flexibility index (Phi) is 8.37. The van der Waals surface area contributed by atoms with Crippen LogP contribution in [0.15, 0.2) is 17.5 Å². The molecule has 4 nitrogen and oxygen atoms in total. The molecule has 39 heavy (non-hydrogen) atoms. The number of hydrogen-bond acceptors (Lipinski definition) is 8. The predicted octanol–water partition coefficient (Wildman–Crippen LogP) is 10.1. The van der Waals surface area contributed by atoms with Gasteiger partial charge in [-0.25, -0.2) is 0 Å². The number of unbranched alkanes of at least 4 members (excludes halogenated alkanes) is 2. The Morgan fingerprint density at radius 1 is 0.821 bits per heavy atom. The van der Waals surface area contributed by atoms with Crippen LogP contribution in [0.3, 0.4) is 0 Å². The van der Waals surface area contributed by atoms with Gasteiger partial charge >= 0.3 is 0 Å². The van der Waals surface area contributed by atoms with E-state index in [1.807, 2.05) is 22.7 Å². The molecule has 2 aliphatic carbocycles. The fraction of sp³-hybridized carbons (Fsp3) is 0.613. The second-order valence-corrected chi connectivity index (χ2v) is 14.7. The van der Waals surface area contributed by atoms with Gasteiger partial charge in [0.15, 0.2) is 0 Å². The molecule has 0 saturated heterocycles. The average molecular weight is 597 g/mol. The Hall–Kier alpha value is -1.48. The highest BCUT2D eigenvalue weighted by Gasteiger charge is 2.48. The minimum absolute atomic E-state index is 0.0714. The topological polar surface area (TPSA) is 51.6 Å². The first-order chi connectivity index (χ1) is 19.1. The van der Waals surface area contributed by atoms with Crippen LogP contribution in [0.2, 0.25) is 0 Å². The van der Waals surface area contributed by atoms with Crippen molar-refractivity contribution in [1.82, 2.24) is 17.5 Å². The molecule has 2 unspecified atom stereocenters. The fourth-order valence-corrected chi connectivity index (χ4v) is 10.9. The van der Waals surface area contributed by atoms with Crippen molar-refractivity contribution in [2.24, 2.45) is 11.8 Å². The van der Waals surface area contributed by atoms with Crippen LogP contribution in [-0.4, -0.2) is 17.5 Å². The lowest BCUT2D eigenvalue weighted by Gasteiger charge is -2.37. The number of aromatic nitrogens is 4. The summed E-state index contributed by atoms with van der Waals surface area (Å²) in [6.07, 6.45) is 13.8. The number of fused-ring (bicyclic) bond motifs is 5. The smallest absolute Gasteiger partial charge is 0.0923 e. The van der Waals surface area contributed by atoms with E-state index in [9.17, 15) is 0 Å². The van der Waals surface area contributed by atoms with Crippen molar-refractivity contribution >= 4 is 46.1 Å². The van der Waals surface area contributed by atoms with Gasteiger partial charge in [0.1, 0.15) is 0 Å². The van der Waals surface area contributed by atoms with Crippen LogP contribution in [0.25, 0.3) is 9.75 Å². The van der Waals surface area contributed by atoms with Gasteiger partial charge < -0.3 is 0 Å². The van der Waals surface area contributed by atoms with Crippen molar-refractivity contribution in [3.63, 3.8) is 0 Å². The third-order valence-corrected chi connectivity index (χ3v) is 12.8. The van der Waals surface area contributed by atoms with Gasteiger partial charge in [-0.2, -0.15) is 17.5 Å². The van der Waals surface area contributed by atoms with E-state index in [1.165, 1.54) is 102 Å². The Balaban J connectivity index is 1.48. The maximum atomic E-state index is 4.81. The number of hydrogen-bond donors (Lipinski definition) is 0. The Morgan fingerprint density at radius 2 is 1.44 bits per heavy atom. The molecule has 8 heteroatoms. The van der Waals surface area contributed by atoms with Gasteiger partial charge in [0, 0.05) is 26.5 Å². The predicted molar refractivity (Wildman–Crippen MR) is 168 cm³/mol. The van der Waals surface area contributed by atoms with Crippen LogP contribution in [0.5, 0.6) is 0 Å². The Morgan fingerprint density at radius 3 is 2.00 bits per heavy atom. The molecule has 208 valence electrons. The van der Waals surface area contributed by atoms with E-state index >= 15 is 0 Å². The van der Waals surface area contributed by atoms with E-state index in [1.54, 1.807) is 11.1 Å². The van der Waals surface area contributed by atoms with E-state index in [-0.39, 0.29) is 11.3 Å². The van der Waals surface area contributed by atoms with Gasteiger partial charge in [-0.15, -0.1) is 22.7 Å². The maximum absolute atomic E-state index is 4.81. The molecule has 0 bridgehead atoms. The summed E-state index contributed by atoms with van der Waals surface area (Å²) in [6.45, 7) is 9.51. The molecule has 0 spiro atoms. The standard InChI is InChI=1S/C31H40N4S4/c1-5-9-11-19(7-3)17-31(18-20(8-4)12-10-6-2)21-13-14-36-29(21)30-22(31)15-25(37-30)26-27-23(32-38-34-27)16-24-28(26)35-39-33-24/h13-15,19-20,26H,5-12,16-18H2,1-4H3. The quantitative estimate of drug-likeness (QED) is 0.136. The summed E-state index contributed by atoms with van der Waals surface area (Å²) in [4.78, 5) is 4.43. The highest BCUT2D eigenvalue weighted by atomic mass is 32.1. The second kappa shape index (κ2) is 11.8. The van der Waals surface area contributed by atoms with Crippen molar-refractivity contribution < 1.29 is 0 Å². The van der Waals surface area contributed by atoms with Gasteiger partial charge in [0.2, 0.25) is 0 Å². The van der Waals surface area contributed by atoms with Gasteiger partial charge in [-0.3, -0.25) is 0 Å². The Labute approximate surface area is 250 Å². The minimum Gasteiger partial charge on any atom is -0.177 e. The van der Waals surface area contributed by atoms with E-state index in [4.69, 9.17) is 8.75 Å². The molecule has 0 N–H and O–H groups in total. The summed E-state index contributed by atoms with van der Waals surface area (Å²) >= 11 is 6.64. The zero-order valence-electron chi connectivity index (χ0n) is 23.7. The normalized spacial score (nSPS) is 19.5. The highest BCUT2D eigenvalue weighted by Crippen LogP contribution is 2.61. The van der Waals surface area contributed by atoms with Gasteiger partial charge in [0.25, 0.3) is 0 Å². The van der Waals surface area contributed by atoms with Crippen molar-refractivity contribution in [2.45, 2.75) is 110 Å². The van der Waals surface area contributed by atoms with E-state index < -0.39 is 0 Å². The van der Waals surface area contributed by atoms with Crippen molar-refractivity contribution in [3.05, 3.63) is 56.3 Å². The molecule has 0 fully saturated rings. The van der Waals surface area contributed by atoms with E-state index in [2.05, 4.69) is 54.0 Å². The number of rotatable bonds is 13. The summed E-state index contributed by atoms with van der Waals surface area (Å²) in [5, 5.41) is 2.35. The maximum Gasteiger partial charge on any atom is 0.0923 e. The molecule has 4 aromatic heterocycles. The van der Waals surface area contributed by atoms with Crippen LogP contribution in [0.1, 0.15) is 137 Å². The molecular formula is C31H40N4S4. The third kappa shape index (κ3) is 4.87. The lowest BCUT2D eigenvalue weighted by Crippen LogP contribution is -2.31. The molecule has 0 aromatic carbocycles. The van der Waals surface area contributed by atoms with Gasteiger partial charge in [-0.05, 0) is 53.3 Å². The van der Waals surface area contributed by atoms with E-state index in [0.29, 0.717) is 0 Å². The summed E-state index contributed by atoms with van der Waals surface area (Å²) in [5.74, 6) is 1.59. The fourth-order valence-electron chi connectivity index (χ4n) is 7.15. The first-order valence-corrected chi connectivity index (χ1v) is 18.1. The first kappa shape index (κ1) is 27.7. The zero-order chi connectivity index (χ0) is 27.0. The van der Waals surface area contributed by atoms with Gasteiger partial charge in [0.05, 0.1) is 52.1 Å². The Bertz CT molecular complexity index is 1340. The molecule has 4 aromatic rings. The third-order valence-electron chi connectivity index (χ3n) is 9.35. The van der Waals surface area contributed by atoms with Gasteiger partial charge in [-0.1, -0.05) is 79.1 Å². The summed E-state index contributed by atoms with van der Waals surface area (Å²) in [6, 6.07) is 5.07. The highest BCUT2D eigenvalue weighted by molar-refractivity contribution is 7.22. The van der Waals surface area contributed by atoms with Crippen LogP contribution < -0.4 is 0 Å².